The molecule has 0 aromatic carbocycles. The highest BCUT2D eigenvalue weighted by Gasteiger charge is 2.29. The molecule has 110 valence electrons. The number of aliphatic carboxylic acids is 1. The van der Waals surface area contributed by atoms with Crippen molar-refractivity contribution in [1.82, 2.24) is 10.3 Å². The molecule has 2 rings (SSSR count). The van der Waals surface area contributed by atoms with Crippen LogP contribution in [0.25, 0.3) is 0 Å². The lowest BCUT2D eigenvalue weighted by molar-refractivity contribution is -0.144. The second kappa shape index (κ2) is 6.83. The summed E-state index contributed by atoms with van der Waals surface area (Å²) in [6, 6.07) is 0. The zero-order valence-electron chi connectivity index (χ0n) is 11.5. The summed E-state index contributed by atoms with van der Waals surface area (Å²) >= 11 is 1.59. The molecule has 0 aliphatic heterocycles. The molecule has 0 radical (unpaired) electrons. The molecule has 1 unspecified atom stereocenters. The predicted molar refractivity (Wildman–Crippen MR) is 76.6 cm³/mol. The van der Waals surface area contributed by atoms with Gasteiger partial charge in [0.25, 0.3) is 0 Å². The number of nitrogens with zero attached hydrogens (tertiary/aromatic N) is 1. The van der Waals surface area contributed by atoms with Gasteiger partial charge in [-0.25, -0.2) is 4.98 Å². The fraction of sp³-hybridized carbons (Fsp3) is 0.643. The monoisotopic (exact) mass is 296 g/mol. The van der Waals surface area contributed by atoms with Crippen molar-refractivity contribution in [1.29, 1.82) is 0 Å². The van der Waals surface area contributed by atoms with Crippen molar-refractivity contribution in [2.75, 3.05) is 6.54 Å². The fourth-order valence-corrected chi connectivity index (χ4v) is 3.26. The van der Waals surface area contributed by atoms with Crippen molar-refractivity contribution in [3.63, 3.8) is 0 Å². The molecule has 1 saturated carbocycles. The van der Waals surface area contributed by atoms with Crippen LogP contribution in [0.2, 0.25) is 0 Å². The normalized spacial score (nSPS) is 24.1. The van der Waals surface area contributed by atoms with Crippen molar-refractivity contribution in [2.24, 2.45) is 11.8 Å². The molecule has 5 nitrogen and oxygen atoms in total. The van der Waals surface area contributed by atoms with E-state index < -0.39 is 5.97 Å². The summed E-state index contributed by atoms with van der Waals surface area (Å²) < 4.78 is 0. The maximum atomic E-state index is 12.1. The average molecular weight is 296 g/mol. The summed E-state index contributed by atoms with van der Waals surface area (Å²) in [6.07, 6.45) is 4.33. The van der Waals surface area contributed by atoms with Gasteiger partial charge in [-0.15, -0.1) is 11.3 Å². The second-order valence-corrected chi connectivity index (χ2v) is 6.33. The Labute approximate surface area is 122 Å². The van der Waals surface area contributed by atoms with E-state index in [1.54, 1.807) is 17.5 Å². The van der Waals surface area contributed by atoms with Crippen molar-refractivity contribution in [3.8, 4) is 0 Å². The molecule has 6 heteroatoms. The highest BCUT2D eigenvalue weighted by atomic mass is 32.1. The Balaban J connectivity index is 1.74. The number of amides is 1. The van der Waals surface area contributed by atoms with Crippen LogP contribution in [0.5, 0.6) is 0 Å². The molecular weight excluding hydrogens is 276 g/mol. The van der Waals surface area contributed by atoms with Crippen LogP contribution in [-0.4, -0.2) is 28.5 Å². The van der Waals surface area contributed by atoms with Gasteiger partial charge in [-0.05, 0) is 25.7 Å². The van der Waals surface area contributed by atoms with Crippen molar-refractivity contribution in [3.05, 3.63) is 16.6 Å². The number of carbonyl (C=O) groups excluding carboxylic acids is 1. The number of carbonyl (C=O) groups is 2. The maximum absolute atomic E-state index is 12.1. The van der Waals surface area contributed by atoms with E-state index in [-0.39, 0.29) is 23.7 Å². The summed E-state index contributed by atoms with van der Waals surface area (Å²) in [5.74, 6) is -0.768. The van der Waals surface area contributed by atoms with Gasteiger partial charge in [0.1, 0.15) is 0 Å². The molecule has 1 amide bonds. The van der Waals surface area contributed by atoms with E-state index in [2.05, 4.69) is 10.3 Å². The van der Waals surface area contributed by atoms with Gasteiger partial charge in [0.15, 0.2) is 0 Å². The number of aromatic nitrogens is 1. The Morgan fingerprint density at radius 3 is 2.60 bits per heavy atom. The van der Waals surface area contributed by atoms with Crippen LogP contribution in [0.15, 0.2) is 11.6 Å². The maximum Gasteiger partial charge on any atom is 0.306 e. The van der Waals surface area contributed by atoms with Gasteiger partial charge in [-0.3, -0.25) is 9.59 Å². The second-order valence-electron chi connectivity index (χ2n) is 5.40. The van der Waals surface area contributed by atoms with Gasteiger partial charge >= 0.3 is 5.97 Å². The standard InChI is InChI=1S/C14H20N2O3S/c1-9(13-15-6-7-20-13)8-16-12(17)10-2-4-11(5-3-10)14(18)19/h6-7,9-11H,2-5,8H2,1H3,(H,16,17)(H,18,19). The first kappa shape index (κ1) is 15.0. The topological polar surface area (TPSA) is 79.3 Å². The molecule has 1 atom stereocenters. The van der Waals surface area contributed by atoms with Crippen LogP contribution >= 0.6 is 11.3 Å². The molecular formula is C14H20N2O3S. The minimum atomic E-state index is -0.735. The first-order valence-corrected chi connectivity index (χ1v) is 7.85. The van der Waals surface area contributed by atoms with Gasteiger partial charge < -0.3 is 10.4 Å². The Kier molecular flexibility index (Phi) is 5.11. The Morgan fingerprint density at radius 1 is 1.40 bits per heavy atom. The first-order valence-electron chi connectivity index (χ1n) is 6.97. The van der Waals surface area contributed by atoms with E-state index in [1.165, 1.54) is 0 Å². The third-order valence-electron chi connectivity index (χ3n) is 3.90. The zero-order chi connectivity index (χ0) is 14.5. The number of hydrogen-bond donors (Lipinski definition) is 2. The minimum Gasteiger partial charge on any atom is -0.481 e. The number of carboxylic acids is 1. The molecule has 20 heavy (non-hydrogen) atoms. The van der Waals surface area contributed by atoms with Crippen LogP contribution in [0.1, 0.15) is 43.5 Å². The van der Waals surface area contributed by atoms with Crippen LogP contribution in [-0.2, 0) is 9.59 Å². The van der Waals surface area contributed by atoms with E-state index in [4.69, 9.17) is 5.11 Å². The van der Waals surface area contributed by atoms with E-state index in [0.717, 1.165) is 5.01 Å². The van der Waals surface area contributed by atoms with E-state index in [1.807, 2.05) is 12.3 Å². The lowest BCUT2D eigenvalue weighted by Gasteiger charge is -2.25. The highest BCUT2D eigenvalue weighted by Crippen LogP contribution is 2.29. The molecule has 1 aromatic heterocycles. The first-order chi connectivity index (χ1) is 9.58. The molecule has 1 fully saturated rings. The van der Waals surface area contributed by atoms with Gasteiger partial charge in [-0.1, -0.05) is 6.92 Å². The van der Waals surface area contributed by atoms with E-state index >= 15 is 0 Å². The number of hydrogen-bond acceptors (Lipinski definition) is 4. The molecule has 1 aliphatic carbocycles. The molecule has 0 bridgehead atoms. The molecule has 0 spiro atoms. The predicted octanol–water partition coefficient (Wildman–Crippen LogP) is 2.25. The molecule has 1 heterocycles. The average Bonchev–Trinajstić information content (AvgIpc) is 2.98. The third kappa shape index (κ3) is 3.79. The fourth-order valence-electron chi connectivity index (χ4n) is 2.57. The summed E-state index contributed by atoms with van der Waals surface area (Å²) in [4.78, 5) is 27.2. The minimum absolute atomic E-state index is 0.0332. The Morgan fingerprint density at radius 2 is 2.05 bits per heavy atom. The number of nitrogens with one attached hydrogen (secondary N) is 1. The number of carboxylic acid groups (broad SMARTS) is 1. The van der Waals surface area contributed by atoms with E-state index in [0.29, 0.717) is 32.2 Å². The lowest BCUT2D eigenvalue weighted by atomic mass is 9.81. The Bertz CT molecular complexity index is 453. The van der Waals surface area contributed by atoms with Crippen molar-refractivity contribution in [2.45, 2.75) is 38.5 Å². The smallest absolute Gasteiger partial charge is 0.306 e. The van der Waals surface area contributed by atoms with Crippen molar-refractivity contribution >= 4 is 23.2 Å². The summed E-state index contributed by atoms with van der Waals surface area (Å²) in [5, 5.41) is 14.9. The summed E-state index contributed by atoms with van der Waals surface area (Å²) in [5.41, 5.74) is 0. The molecule has 1 aliphatic rings. The number of thiazole rings is 1. The van der Waals surface area contributed by atoms with Gasteiger partial charge in [0, 0.05) is 30.0 Å². The molecule has 2 N–H and O–H groups in total. The number of rotatable bonds is 5. The van der Waals surface area contributed by atoms with E-state index in [9.17, 15) is 9.59 Å². The van der Waals surface area contributed by atoms with Crippen LogP contribution in [0.4, 0.5) is 0 Å². The summed E-state index contributed by atoms with van der Waals surface area (Å²) in [6.45, 7) is 2.63. The Hall–Kier alpha value is -1.43. The largest absolute Gasteiger partial charge is 0.481 e. The van der Waals surface area contributed by atoms with Crippen LogP contribution in [0, 0.1) is 11.8 Å². The highest BCUT2D eigenvalue weighted by molar-refractivity contribution is 7.09. The molecule has 1 aromatic rings. The quantitative estimate of drug-likeness (QED) is 0.873. The van der Waals surface area contributed by atoms with Crippen LogP contribution < -0.4 is 5.32 Å². The van der Waals surface area contributed by atoms with Gasteiger partial charge in [-0.2, -0.15) is 0 Å². The van der Waals surface area contributed by atoms with Gasteiger partial charge in [0.05, 0.1) is 10.9 Å². The SMILES string of the molecule is CC(CNC(=O)C1CCC(C(=O)O)CC1)c1nccs1. The van der Waals surface area contributed by atoms with Crippen molar-refractivity contribution < 1.29 is 14.7 Å². The lowest BCUT2D eigenvalue weighted by Crippen LogP contribution is -2.36. The van der Waals surface area contributed by atoms with Gasteiger partial charge in [0.2, 0.25) is 5.91 Å². The molecule has 0 saturated heterocycles. The summed E-state index contributed by atoms with van der Waals surface area (Å²) in [7, 11) is 0. The third-order valence-corrected chi connectivity index (χ3v) is 4.91. The van der Waals surface area contributed by atoms with Crippen LogP contribution in [0.3, 0.4) is 0 Å². The zero-order valence-corrected chi connectivity index (χ0v) is 12.4.